The molecule has 1 aromatic carbocycles. The molecular formula is C21H29IN6O. The van der Waals surface area contributed by atoms with Gasteiger partial charge < -0.3 is 15.2 Å². The lowest BCUT2D eigenvalue weighted by molar-refractivity contribution is 0.368. The number of aromatic nitrogens is 3. The number of benzene rings is 1. The van der Waals surface area contributed by atoms with E-state index in [0.29, 0.717) is 25.0 Å². The van der Waals surface area contributed by atoms with E-state index >= 15 is 0 Å². The molecule has 3 rings (SSSR count). The first kappa shape index (κ1) is 22.9. The SMILES string of the molecule is CCC(CC)c1cc(CNC(=NC)NCc2cnn(-c3ccccc3)c2)on1.I. The largest absolute Gasteiger partial charge is 0.359 e. The molecule has 0 amide bonds. The minimum atomic E-state index is 0. The maximum absolute atomic E-state index is 5.45. The summed E-state index contributed by atoms with van der Waals surface area (Å²) in [5, 5.41) is 15.2. The Bertz CT molecular complexity index is 885. The van der Waals surface area contributed by atoms with Crippen LogP contribution in [0.15, 0.2) is 58.3 Å². The number of hydrogen-bond acceptors (Lipinski definition) is 4. The van der Waals surface area contributed by atoms with Gasteiger partial charge in [0.2, 0.25) is 0 Å². The van der Waals surface area contributed by atoms with E-state index in [1.54, 1.807) is 7.05 Å². The molecule has 8 heteroatoms. The lowest BCUT2D eigenvalue weighted by Crippen LogP contribution is -2.36. The van der Waals surface area contributed by atoms with Crippen molar-refractivity contribution in [1.82, 2.24) is 25.6 Å². The second-order valence-corrected chi connectivity index (χ2v) is 6.64. The summed E-state index contributed by atoms with van der Waals surface area (Å²) in [6.07, 6.45) is 5.99. The molecular weight excluding hydrogens is 479 g/mol. The van der Waals surface area contributed by atoms with E-state index in [9.17, 15) is 0 Å². The first-order valence-corrected chi connectivity index (χ1v) is 9.72. The number of nitrogens with zero attached hydrogens (tertiary/aromatic N) is 4. The molecule has 0 unspecified atom stereocenters. The minimum Gasteiger partial charge on any atom is -0.359 e. The van der Waals surface area contributed by atoms with Crippen LogP contribution in [0, 0.1) is 0 Å². The van der Waals surface area contributed by atoms with Crippen LogP contribution in [0.4, 0.5) is 0 Å². The van der Waals surface area contributed by atoms with Gasteiger partial charge in [0.05, 0.1) is 24.1 Å². The van der Waals surface area contributed by atoms with Crippen LogP contribution in [0.5, 0.6) is 0 Å². The Morgan fingerprint density at radius 2 is 1.86 bits per heavy atom. The number of aliphatic imine (C=N–C) groups is 1. The van der Waals surface area contributed by atoms with Gasteiger partial charge in [0.1, 0.15) is 0 Å². The number of para-hydroxylation sites is 1. The van der Waals surface area contributed by atoms with E-state index in [4.69, 9.17) is 4.52 Å². The summed E-state index contributed by atoms with van der Waals surface area (Å²) in [5.74, 6) is 1.96. The van der Waals surface area contributed by atoms with Gasteiger partial charge >= 0.3 is 0 Å². The van der Waals surface area contributed by atoms with Gasteiger partial charge in [-0.15, -0.1) is 24.0 Å². The Kier molecular flexibility index (Phi) is 9.17. The summed E-state index contributed by atoms with van der Waals surface area (Å²) in [6.45, 7) is 5.51. The molecule has 0 radical (unpaired) electrons. The lowest BCUT2D eigenvalue weighted by Gasteiger charge is -2.09. The molecule has 7 nitrogen and oxygen atoms in total. The van der Waals surface area contributed by atoms with Crippen LogP contribution < -0.4 is 10.6 Å². The Balaban J connectivity index is 0.00000300. The normalized spacial score (nSPS) is 11.4. The molecule has 0 aliphatic heterocycles. The molecule has 0 fully saturated rings. The molecule has 0 bridgehead atoms. The molecule has 0 spiro atoms. The van der Waals surface area contributed by atoms with Gasteiger partial charge in [-0.2, -0.15) is 5.10 Å². The quantitative estimate of drug-likeness (QED) is 0.270. The van der Waals surface area contributed by atoms with Gasteiger partial charge in [-0.1, -0.05) is 37.2 Å². The molecule has 2 aromatic heterocycles. The first-order chi connectivity index (χ1) is 13.7. The van der Waals surface area contributed by atoms with Crippen molar-refractivity contribution in [2.24, 2.45) is 4.99 Å². The number of halogens is 1. The summed E-state index contributed by atoms with van der Waals surface area (Å²) in [4.78, 5) is 4.26. The van der Waals surface area contributed by atoms with Crippen LogP contribution >= 0.6 is 24.0 Å². The highest BCUT2D eigenvalue weighted by Crippen LogP contribution is 2.22. The van der Waals surface area contributed by atoms with Gasteiger partial charge in [-0.05, 0) is 25.0 Å². The van der Waals surface area contributed by atoms with Gasteiger partial charge in [-0.25, -0.2) is 4.68 Å². The van der Waals surface area contributed by atoms with Crippen molar-refractivity contribution in [3.8, 4) is 5.69 Å². The molecule has 2 heterocycles. The Morgan fingerprint density at radius 3 is 2.55 bits per heavy atom. The monoisotopic (exact) mass is 508 g/mol. The molecule has 156 valence electrons. The van der Waals surface area contributed by atoms with Gasteiger partial charge in [-0.3, -0.25) is 4.99 Å². The average molecular weight is 508 g/mol. The first-order valence-electron chi connectivity index (χ1n) is 9.72. The highest BCUT2D eigenvalue weighted by atomic mass is 127. The summed E-state index contributed by atoms with van der Waals surface area (Å²) in [7, 11) is 1.75. The van der Waals surface area contributed by atoms with Gasteiger partial charge in [0.15, 0.2) is 11.7 Å². The third kappa shape index (κ3) is 6.31. The minimum absolute atomic E-state index is 0. The van der Waals surface area contributed by atoms with Crippen molar-refractivity contribution in [3.63, 3.8) is 0 Å². The zero-order valence-electron chi connectivity index (χ0n) is 17.1. The standard InChI is InChI=1S/C21H28N6O.HI/c1-4-17(5-2)20-11-19(28-26-20)14-24-21(22-3)23-12-16-13-25-27(15-16)18-9-7-6-8-10-18;/h6-11,13,15,17H,4-5,12,14H2,1-3H3,(H2,22,23,24);1H. The fraction of sp³-hybridized carbons (Fsp3) is 0.381. The topological polar surface area (TPSA) is 80.3 Å². The van der Waals surface area contributed by atoms with Crippen LogP contribution in [0.2, 0.25) is 0 Å². The summed E-state index contributed by atoms with van der Waals surface area (Å²) >= 11 is 0. The fourth-order valence-corrected chi connectivity index (χ4v) is 3.06. The highest BCUT2D eigenvalue weighted by Gasteiger charge is 2.13. The van der Waals surface area contributed by atoms with Gasteiger partial charge in [0.25, 0.3) is 0 Å². The van der Waals surface area contributed by atoms with Crippen LogP contribution in [0.1, 0.15) is 49.6 Å². The van der Waals surface area contributed by atoms with E-state index < -0.39 is 0 Å². The van der Waals surface area contributed by atoms with Crippen LogP contribution in [0.25, 0.3) is 5.69 Å². The smallest absolute Gasteiger partial charge is 0.191 e. The van der Waals surface area contributed by atoms with Gasteiger partial charge in [0, 0.05) is 37.3 Å². The summed E-state index contributed by atoms with van der Waals surface area (Å²) in [6, 6.07) is 12.1. The molecule has 29 heavy (non-hydrogen) atoms. The summed E-state index contributed by atoms with van der Waals surface area (Å²) in [5.41, 5.74) is 3.13. The Hall–Kier alpha value is -2.36. The Labute approximate surface area is 189 Å². The molecule has 0 saturated carbocycles. The number of hydrogen-bond donors (Lipinski definition) is 2. The van der Waals surface area contributed by atoms with E-state index in [0.717, 1.165) is 35.5 Å². The lowest BCUT2D eigenvalue weighted by atomic mass is 9.99. The Morgan fingerprint density at radius 1 is 1.14 bits per heavy atom. The van der Waals surface area contributed by atoms with Crippen molar-refractivity contribution in [2.45, 2.75) is 45.7 Å². The van der Waals surface area contributed by atoms with E-state index in [-0.39, 0.29) is 24.0 Å². The molecule has 0 saturated heterocycles. The van der Waals surface area contributed by atoms with Crippen molar-refractivity contribution < 1.29 is 4.52 Å². The third-order valence-corrected chi connectivity index (χ3v) is 4.75. The fourth-order valence-electron chi connectivity index (χ4n) is 3.06. The second kappa shape index (κ2) is 11.6. The molecule has 0 aliphatic rings. The van der Waals surface area contributed by atoms with Crippen molar-refractivity contribution in [3.05, 3.63) is 65.8 Å². The number of rotatable bonds is 8. The number of nitrogens with one attached hydrogen (secondary N) is 2. The van der Waals surface area contributed by atoms with Crippen LogP contribution in [-0.2, 0) is 13.1 Å². The predicted octanol–water partition coefficient (Wildman–Crippen LogP) is 4.25. The summed E-state index contributed by atoms with van der Waals surface area (Å²) < 4.78 is 7.31. The zero-order chi connectivity index (χ0) is 19.8. The van der Waals surface area contributed by atoms with Crippen LogP contribution in [0.3, 0.4) is 0 Å². The maximum atomic E-state index is 5.45. The highest BCUT2D eigenvalue weighted by molar-refractivity contribution is 14.0. The molecule has 3 aromatic rings. The van der Waals surface area contributed by atoms with E-state index in [1.807, 2.05) is 53.5 Å². The predicted molar refractivity (Wildman–Crippen MR) is 126 cm³/mol. The third-order valence-electron chi connectivity index (χ3n) is 4.75. The van der Waals surface area contributed by atoms with E-state index in [2.05, 4.69) is 39.7 Å². The van der Waals surface area contributed by atoms with Crippen molar-refractivity contribution in [2.75, 3.05) is 7.05 Å². The maximum Gasteiger partial charge on any atom is 0.191 e. The van der Waals surface area contributed by atoms with E-state index in [1.165, 1.54) is 0 Å². The zero-order valence-corrected chi connectivity index (χ0v) is 19.5. The average Bonchev–Trinajstić information content (AvgIpc) is 3.40. The second-order valence-electron chi connectivity index (χ2n) is 6.64. The number of guanidine groups is 1. The van der Waals surface area contributed by atoms with Crippen molar-refractivity contribution in [1.29, 1.82) is 0 Å². The molecule has 2 N–H and O–H groups in total. The molecule has 0 atom stereocenters. The molecule has 0 aliphatic carbocycles. The van der Waals surface area contributed by atoms with Crippen molar-refractivity contribution >= 4 is 29.9 Å². The van der Waals surface area contributed by atoms with Crippen LogP contribution in [-0.4, -0.2) is 27.9 Å².